The predicted molar refractivity (Wildman–Crippen MR) is 107 cm³/mol. The van der Waals surface area contributed by atoms with Crippen molar-refractivity contribution in [3.8, 4) is 22.4 Å². The zero-order valence-corrected chi connectivity index (χ0v) is 16.0. The van der Waals surface area contributed by atoms with Crippen LogP contribution in [0.4, 0.5) is 0 Å². The van der Waals surface area contributed by atoms with E-state index >= 15 is 0 Å². The molecule has 2 nitrogen and oxygen atoms in total. The average molecular weight is 348 g/mol. The van der Waals surface area contributed by atoms with Crippen LogP contribution in [0, 0.1) is 6.92 Å². The highest BCUT2D eigenvalue weighted by Crippen LogP contribution is 2.51. The molecular formula is C24H27N2+. The fraction of sp³-hybridized carbons (Fsp3) is 0.333. The third kappa shape index (κ3) is 2.32. The van der Waals surface area contributed by atoms with Crippen LogP contribution in [-0.4, -0.2) is 4.98 Å². The van der Waals surface area contributed by atoms with Gasteiger partial charge in [-0.15, -0.1) is 0 Å². The number of fused-ring (bicyclic) bond motifs is 3. The second kappa shape index (κ2) is 5.77. The maximum absolute atomic E-state index is 8.56. The summed E-state index contributed by atoms with van der Waals surface area (Å²) in [4.78, 5) is 4.69. The number of benzene rings is 1. The lowest BCUT2D eigenvalue weighted by Gasteiger charge is -2.23. The van der Waals surface area contributed by atoms with Gasteiger partial charge in [-0.3, -0.25) is 4.98 Å². The second-order valence-corrected chi connectivity index (χ2v) is 7.74. The standard InChI is InChI=1S/C24H27N2/c1-15(2)17-11-13-26(6)20(14-17)21-16(3)9-10-18-19-8-7-12-25-23(19)24(4,5)22(18)21/h7-15H,1-6H3/q+1/i1D3,15D. The van der Waals surface area contributed by atoms with Gasteiger partial charge in [0.25, 0.3) is 0 Å². The van der Waals surface area contributed by atoms with Gasteiger partial charge < -0.3 is 0 Å². The van der Waals surface area contributed by atoms with Crippen LogP contribution >= 0.6 is 0 Å². The fourth-order valence-corrected chi connectivity index (χ4v) is 4.20. The first-order valence-corrected chi connectivity index (χ1v) is 8.98. The van der Waals surface area contributed by atoms with Gasteiger partial charge in [-0.2, -0.15) is 0 Å². The van der Waals surface area contributed by atoms with Crippen LogP contribution in [0.3, 0.4) is 0 Å². The van der Waals surface area contributed by atoms with Crippen LogP contribution in [0.1, 0.15) is 61.4 Å². The van der Waals surface area contributed by atoms with Crippen molar-refractivity contribution in [2.24, 2.45) is 7.05 Å². The first-order chi connectivity index (χ1) is 13.9. The molecule has 0 N–H and O–H groups in total. The van der Waals surface area contributed by atoms with Crippen molar-refractivity contribution in [2.75, 3.05) is 0 Å². The molecule has 0 bridgehead atoms. The van der Waals surface area contributed by atoms with Crippen LogP contribution in [0.15, 0.2) is 48.8 Å². The number of nitrogens with zero attached hydrogens (tertiary/aromatic N) is 2. The van der Waals surface area contributed by atoms with E-state index < -0.39 is 12.7 Å². The number of hydrogen-bond donors (Lipinski definition) is 0. The molecule has 1 aliphatic rings. The lowest BCUT2D eigenvalue weighted by Crippen LogP contribution is -2.32. The minimum Gasteiger partial charge on any atom is -0.260 e. The molecule has 0 spiro atoms. The van der Waals surface area contributed by atoms with Crippen molar-refractivity contribution in [2.45, 2.75) is 45.9 Å². The summed E-state index contributed by atoms with van der Waals surface area (Å²) in [6.07, 6.45) is 3.69. The Kier molecular flexibility index (Phi) is 2.84. The molecule has 2 aromatic heterocycles. The minimum atomic E-state index is -2.42. The summed E-state index contributed by atoms with van der Waals surface area (Å²) in [6, 6.07) is 12.0. The zero-order valence-electron chi connectivity index (χ0n) is 20.0. The second-order valence-electron chi connectivity index (χ2n) is 7.74. The summed E-state index contributed by atoms with van der Waals surface area (Å²) < 4.78 is 34.1. The fourth-order valence-electron chi connectivity index (χ4n) is 4.20. The number of rotatable bonds is 2. The van der Waals surface area contributed by atoms with Gasteiger partial charge in [0.15, 0.2) is 6.20 Å². The van der Waals surface area contributed by atoms with Gasteiger partial charge in [0.05, 0.1) is 11.3 Å². The highest BCUT2D eigenvalue weighted by atomic mass is 14.9. The Hall–Kier alpha value is -2.48. The number of aryl methyl sites for hydroxylation is 2. The van der Waals surface area contributed by atoms with Crippen LogP contribution in [0.2, 0.25) is 0 Å². The zero-order chi connectivity index (χ0) is 22.1. The summed E-state index contributed by atoms with van der Waals surface area (Å²) in [5.41, 5.74) is 7.87. The molecule has 3 aromatic rings. The molecule has 2 heterocycles. The molecule has 26 heavy (non-hydrogen) atoms. The normalized spacial score (nSPS) is 19.4. The van der Waals surface area contributed by atoms with E-state index in [2.05, 4.69) is 39.0 Å². The minimum absolute atomic E-state index is 0.287. The highest BCUT2D eigenvalue weighted by Gasteiger charge is 2.40. The van der Waals surface area contributed by atoms with E-state index in [1.54, 1.807) is 6.07 Å². The Morgan fingerprint density at radius 1 is 1.19 bits per heavy atom. The SMILES string of the molecule is [2H]C([2H])([2H])C([2H])(C)c1cc[n+](C)c(-c2c(C)ccc3c2C(C)(C)c2ncccc2-3)c1. The summed E-state index contributed by atoms with van der Waals surface area (Å²) in [6.45, 7) is 5.50. The van der Waals surface area contributed by atoms with Gasteiger partial charge in [-0.1, -0.05) is 45.8 Å². The van der Waals surface area contributed by atoms with Crippen LogP contribution < -0.4 is 4.57 Å². The molecule has 1 unspecified atom stereocenters. The molecule has 0 fully saturated rings. The van der Waals surface area contributed by atoms with Gasteiger partial charge in [-0.25, -0.2) is 4.57 Å². The molecule has 0 saturated carbocycles. The van der Waals surface area contributed by atoms with Gasteiger partial charge in [0.1, 0.15) is 7.05 Å². The van der Waals surface area contributed by atoms with Gasteiger partial charge >= 0.3 is 0 Å². The quantitative estimate of drug-likeness (QED) is 0.574. The Morgan fingerprint density at radius 2 is 2.00 bits per heavy atom. The van der Waals surface area contributed by atoms with E-state index in [0.29, 0.717) is 5.56 Å². The number of hydrogen-bond acceptors (Lipinski definition) is 1. The Labute approximate surface area is 162 Å². The summed E-state index contributed by atoms with van der Waals surface area (Å²) in [5, 5.41) is 0. The monoisotopic (exact) mass is 347 g/mol. The van der Waals surface area contributed by atoms with E-state index in [-0.39, 0.29) is 5.41 Å². The molecule has 0 saturated heterocycles. The molecule has 0 amide bonds. The third-order valence-electron chi connectivity index (χ3n) is 5.57. The van der Waals surface area contributed by atoms with E-state index in [1.807, 2.05) is 36.1 Å². The maximum atomic E-state index is 8.56. The molecule has 0 aliphatic heterocycles. The Morgan fingerprint density at radius 3 is 2.77 bits per heavy atom. The summed E-state index contributed by atoms with van der Waals surface area (Å²) in [7, 11) is 1.96. The Balaban J connectivity index is 2.02. The maximum Gasteiger partial charge on any atom is 0.213 e. The molecule has 4 rings (SSSR count). The lowest BCUT2D eigenvalue weighted by molar-refractivity contribution is -0.660. The predicted octanol–water partition coefficient (Wildman–Crippen LogP) is 5.31. The Bertz CT molecular complexity index is 1160. The van der Waals surface area contributed by atoms with Crippen molar-refractivity contribution in [1.29, 1.82) is 0 Å². The molecule has 1 atom stereocenters. The summed E-state index contributed by atoms with van der Waals surface area (Å²) in [5.74, 6) is -1.69. The molecule has 2 heteroatoms. The van der Waals surface area contributed by atoms with Gasteiger partial charge in [0, 0.05) is 34.8 Å². The molecule has 132 valence electrons. The van der Waals surface area contributed by atoms with E-state index in [9.17, 15) is 0 Å². The summed E-state index contributed by atoms with van der Waals surface area (Å²) >= 11 is 0. The van der Waals surface area contributed by atoms with Crippen molar-refractivity contribution in [1.82, 2.24) is 4.98 Å². The lowest BCUT2D eigenvalue weighted by atomic mass is 9.80. The van der Waals surface area contributed by atoms with Gasteiger partial charge in [-0.05, 0) is 41.1 Å². The van der Waals surface area contributed by atoms with E-state index in [0.717, 1.165) is 28.1 Å². The highest BCUT2D eigenvalue weighted by molar-refractivity contribution is 5.87. The van der Waals surface area contributed by atoms with E-state index in [1.165, 1.54) is 18.1 Å². The smallest absolute Gasteiger partial charge is 0.213 e. The van der Waals surface area contributed by atoms with Crippen LogP contribution in [0.25, 0.3) is 22.4 Å². The largest absolute Gasteiger partial charge is 0.260 e. The topological polar surface area (TPSA) is 16.8 Å². The molecule has 0 radical (unpaired) electrons. The third-order valence-corrected chi connectivity index (χ3v) is 5.57. The average Bonchev–Trinajstić information content (AvgIpc) is 2.89. The van der Waals surface area contributed by atoms with Crippen molar-refractivity contribution < 1.29 is 10.1 Å². The van der Waals surface area contributed by atoms with Crippen molar-refractivity contribution >= 4 is 0 Å². The van der Waals surface area contributed by atoms with Crippen molar-refractivity contribution in [3.63, 3.8) is 0 Å². The number of pyridine rings is 2. The molecule has 1 aromatic carbocycles. The first kappa shape index (κ1) is 12.8. The van der Waals surface area contributed by atoms with Gasteiger partial charge in [0.2, 0.25) is 5.69 Å². The van der Waals surface area contributed by atoms with E-state index in [4.69, 9.17) is 10.5 Å². The number of aromatic nitrogens is 2. The first-order valence-electron chi connectivity index (χ1n) is 11.0. The van der Waals surface area contributed by atoms with Crippen LogP contribution in [0.5, 0.6) is 0 Å². The molecular weight excluding hydrogens is 316 g/mol. The van der Waals surface area contributed by atoms with Crippen LogP contribution in [-0.2, 0) is 12.5 Å². The van der Waals surface area contributed by atoms with Crippen molar-refractivity contribution in [3.05, 3.63) is 71.2 Å². The molecule has 1 aliphatic carbocycles.